The molecule has 1 aliphatic heterocycles. The van der Waals surface area contributed by atoms with Crippen LogP contribution in [0.1, 0.15) is 34.3 Å². The topological polar surface area (TPSA) is 20.3 Å². The summed E-state index contributed by atoms with van der Waals surface area (Å²) in [6.07, 6.45) is 3.23. The molecule has 0 saturated carbocycles. The van der Waals surface area contributed by atoms with Gasteiger partial charge in [-0.05, 0) is 65.4 Å². The molecule has 0 fully saturated rings. The van der Waals surface area contributed by atoms with E-state index in [9.17, 15) is 4.79 Å². The van der Waals surface area contributed by atoms with Gasteiger partial charge in [0.25, 0.3) is 5.91 Å². The monoisotopic (exact) mass is 343 g/mol. The number of hydrogen-bond acceptors (Lipinski definition) is 1. The van der Waals surface area contributed by atoms with E-state index in [4.69, 9.17) is 0 Å². The van der Waals surface area contributed by atoms with E-state index in [1.165, 1.54) is 5.56 Å². The maximum absolute atomic E-state index is 13.0. The lowest BCUT2D eigenvalue weighted by Crippen LogP contribution is -2.32. The van der Waals surface area contributed by atoms with E-state index in [2.05, 4.69) is 34.1 Å². The highest BCUT2D eigenvalue weighted by Crippen LogP contribution is 2.30. The molecule has 0 aromatic heterocycles. The van der Waals surface area contributed by atoms with E-state index in [1.807, 2.05) is 36.1 Å². The number of hydrogen-bond donors (Lipinski definition) is 0. The van der Waals surface area contributed by atoms with E-state index in [0.29, 0.717) is 0 Å². The summed E-state index contributed by atoms with van der Waals surface area (Å²) in [5.74, 6) is 0.0833. The van der Waals surface area contributed by atoms with Crippen LogP contribution < -0.4 is 4.90 Å². The minimum atomic E-state index is 0.0833. The van der Waals surface area contributed by atoms with Crippen LogP contribution in [0, 0.1) is 6.92 Å². The summed E-state index contributed by atoms with van der Waals surface area (Å²) in [6.45, 7) is 2.80. The first-order chi connectivity index (χ1) is 10.2. The lowest BCUT2D eigenvalue weighted by molar-refractivity contribution is 0.0986. The average Bonchev–Trinajstić information content (AvgIpc) is 2.72. The van der Waals surface area contributed by atoms with E-state index in [-0.39, 0.29) is 5.91 Å². The summed E-state index contributed by atoms with van der Waals surface area (Å²) in [6, 6.07) is 14.1. The second-order valence-electron chi connectivity index (χ2n) is 5.48. The molecule has 1 heterocycles. The number of aryl methyl sites for hydroxylation is 2. The third kappa shape index (κ3) is 2.75. The molecule has 0 atom stereocenters. The number of rotatable bonds is 1. The van der Waals surface area contributed by atoms with Gasteiger partial charge in [-0.1, -0.05) is 30.3 Å². The zero-order valence-corrected chi connectivity index (χ0v) is 13.7. The molecule has 21 heavy (non-hydrogen) atoms. The number of benzene rings is 2. The van der Waals surface area contributed by atoms with Crippen molar-refractivity contribution in [2.45, 2.75) is 26.2 Å². The predicted octanol–water partition coefficient (Wildman–Crippen LogP) is 4.74. The quantitative estimate of drug-likeness (QED) is 0.732. The van der Waals surface area contributed by atoms with Gasteiger partial charge in [0.1, 0.15) is 0 Å². The number of carbonyl (C=O) groups is 1. The first-order valence-electron chi connectivity index (χ1n) is 7.33. The first-order valence-corrected chi connectivity index (χ1v) is 8.12. The summed E-state index contributed by atoms with van der Waals surface area (Å²) < 4.78 is 0.900. The smallest absolute Gasteiger partial charge is 0.259 e. The van der Waals surface area contributed by atoms with E-state index < -0.39 is 0 Å². The van der Waals surface area contributed by atoms with Crippen LogP contribution in [0.5, 0.6) is 0 Å². The number of nitrogens with zero attached hydrogens (tertiary/aromatic N) is 1. The van der Waals surface area contributed by atoms with Crippen LogP contribution in [0.4, 0.5) is 5.69 Å². The molecule has 1 amide bonds. The third-order valence-corrected chi connectivity index (χ3v) is 5.08. The zero-order chi connectivity index (χ0) is 14.8. The Kier molecular flexibility index (Phi) is 4.11. The maximum Gasteiger partial charge on any atom is 0.259 e. The molecule has 2 aromatic carbocycles. The predicted molar refractivity (Wildman–Crippen MR) is 89.9 cm³/mol. The van der Waals surface area contributed by atoms with E-state index in [1.54, 1.807) is 0 Å². The average molecular weight is 344 g/mol. The molecular formula is C18H18BrNO. The van der Waals surface area contributed by atoms with Gasteiger partial charge in [0.2, 0.25) is 0 Å². The standard InChI is InChI=1S/C18H18BrNO/c1-13-7-6-10-15(17(13)19)18(21)20-12-5-4-9-14-8-2-3-11-16(14)20/h2-3,6-8,10-11H,4-5,9,12H2,1H3. The van der Waals surface area contributed by atoms with Gasteiger partial charge in [-0.25, -0.2) is 0 Å². The van der Waals surface area contributed by atoms with Crippen LogP contribution in [0.25, 0.3) is 0 Å². The number of halogens is 1. The molecule has 108 valence electrons. The third-order valence-electron chi connectivity index (χ3n) is 4.03. The first kappa shape index (κ1) is 14.3. The summed E-state index contributed by atoms with van der Waals surface area (Å²) in [7, 11) is 0. The lowest BCUT2D eigenvalue weighted by atomic mass is 10.1. The fraction of sp³-hybridized carbons (Fsp3) is 0.278. The molecule has 0 bridgehead atoms. The Hall–Kier alpha value is -1.61. The second-order valence-corrected chi connectivity index (χ2v) is 6.27. The van der Waals surface area contributed by atoms with Crippen molar-refractivity contribution in [3.8, 4) is 0 Å². The van der Waals surface area contributed by atoms with Crippen molar-refractivity contribution < 1.29 is 4.79 Å². The van der Waals surface area contributed by atoms with Crippen molar-refractivity contribution in [1.29, 1.82) is 0 Å². The Morgan fingerprint density at radius 1 is 1.10 bits per heavy atom. The van der Waals surface area contributed by atoms with Crippen molar-refractivity contribution in [1.82, 2.24) is 0 Å². The largest absolute Gasteiger partial charge is 0.308 e. The summed E-state index contributed by atoms with van der Waals surface area (Å²) >= 11 is 3.56. The number of anilines is 1. The molecule has 0 spiro atoms. The minimum Gasteiger partial charge on any atom is -0.308 e. The van der Waals surface area contributed by atoms with Crippen LogP contribution in [0.2, 0.25) is 0 Å². The minimum absolute atomic E-state index is 0.0833. The summed E-state index contributed by atoms with van der Waals surface area (Å²) in [5, 5.41) is 0. The molecule has 0 saturated heterocycles. The Labute approximate surface area is 133 Å². The fourth-order valence-electron chi connectivity index (χ4n) is 2.86. The van der Waals surface area contributed by atoms with Gasteiger partial charge in [0, 0.05) is 16.7 Å². The van der Waals surface area contributed by atoms with Crippen molar-refractivity contribution in [2.75, 3.05) is 11.4 Å². The van der Waals surface area contributed by atoms with Crippen molar-refractivity contribution in [3.63, 3.8) is 0 Å². The van der Waals surface area contributed by atoms with Gasteiger partial charge in [0.05, 0.1) is 5.56 Å². The highest BCUT2D eigenvalue weighted by molar-refractivity contribution is 9.10. The van der Waals surface area contributed by atoms with Crippen LogP contribution in [0.15, 0.2) is 46.9 Å². The van der Waals surface area contributed by atoms with Gasteiger partial charge < -0.3 is 4.90 Å². The molecule has 3 heteroatoms. The fourth-order valence-corrected chi connectivity index (χ4v) is 3.29. The summed E-state index contributed by atoms with van der Waals surface area (Å²) in [5.41, 5.74) is 4.16. The van der Waals surface area contributed by atoms with Gasteiger partial charge >= 0.3 is 0 Å². The molecule has 2 aromatic rings. The summed E-state index contributed by atoms with van der Waals surface area (Å²) in [4.78, 5) is 14.9. The van der Waals surface area contributed by atoms with Gasteiger partial charge in [-0.3, -0.25) is 4.79 Å². The van der Waals surface area contributed by atoms with Crippen LogP contribution in [-0.4, -0.2) is 12.5 Å². The van der Waals surface area contributed by atoms with E-state index >= 15 is 0 Å². The van der Waals surface area contributed by atoms with Crippen molar-refractivity contribution in [2.24, 2.45) is 0 Å². The zero-order valence-electron chi connectivity index (χ0n) is 12.1. The number of fused-ring (bicyclic) bond motifs is 1. The molecule has 3 rings (SSSR count). The lowest BCUT2D eigenvalue weighted by Gasteiger charge is -2.23. The van der Waals surface area contributed by atoms with Gasteiger partial charge in [-0.2, -0.15) is 0 Å². The van der Waals surface area contributed by atoms with Crippen LogP contribution >= 0.6 is 15.9 Å². The molecule has 0 unspecified atom stereocenters. The maximum atomic E-state index is 13.0. The van der Waals surface area contributed by atoms with Crippen molar-refractivity contribution in [3.05, 3.63) is 63.6 Å². The molecule has 0 aliphatic carbocycles. The van der Waals surface area contributed by atoms with E-state index in [0.717, 1.165) is 47.1 Å². The molecule has 1 aliphatic rings. The number of carbonyl (C=O) groups excluding carboxylic acids is 1. The number of amides is 1. The Bertz CT molecular complexity index is 681. The second kappa shape index (κ2) is 6.02. The van der Waals surface area contributed by atoms with Crippen LogP contribution in [-0.2, 0) is 6.42 Å². The van der Waals surface area contributed by atoms with Gasteiger partial charge in [0.15, 0.2) is 0 Å². The highest BCUT2D eigenvalue weighted by atomic mass is 79.9. The number of para-hydroxylation sites is 1. The Balaban J connectivity index is 2.03. The Morgan fingerprint density at radius 3 is 2.76 bits per heavy atom. The van der Waals surface area contributed by atoms with Crippen LogP contribution in [0.3, 0.4) is 0 Å². The molecular weight excluding hydrogens is 326 g/mol. The SMILES string of the molecule is Cc1cccc(C(=O)N2CCCCc3ccccc32)c1Br. The Morgan fingerprint density at radius 2 is 1.90 bits per heavy atom. The van der Waals surface area contributed by atoms with Gasteiger partial charge in [-0.15, -0.1) is 0 Å². The highest BCUT2D eigenvalue weighted by Gasteiger charge is 2.23. The molecule has 0 N–H and O–H groups in total. The molecule has 0 radical (unpaired) electrons. The van der Waals surface area contributed by atoms with Crippen molar-refractivity contribution >= 4 is 27.5 Å². The molecule has 2 nitrogen and oxygen atoms in total. The normalized spacial score (nSPS) is 14.5.